The number of amides is 1. The Bertz CT molecular complexity index is 696. The van der Waals surface area contributed by atoms with Crippen LogP contribution in [0, 0.1) is 0 Å². The molecule has 0 saturated carbocycles. The van der Waals surface area contributed by atoms with Gasteiger partial charge >= 0.3 is 0 Å². The van der Waals surface area contributed by atoms with E-state index in [1.165, 1.54) is 0 Å². The van der Waals surface area contributed by atoms with Crippen LogP contribution >= 0.6 is 11.6 Å². The Morgan fingerprint density at radius 1 is 0.958 bits per heavy atom. The topological polar surface area (TPSA) is 56.8 Å². The molecule has 24 heavy (non-hydrogen) atoms. The smallest absolute Gasteiger partial charge is 0.224 e. The first-order chi connectivity index (χ1) is 11.5. The van der Waals surface area contributed by atoms with Crippen LogP contribution in [0.2, 0.25) is 5.02 Å². The zero-order valence-corrected chi connectivity index (χ0v) is 14.6. The molecule has 0 aliphatic rings. The van der Waals surface area contributed by atoms with Gasteiger partial charge in [0.05, 0.1) is 32.0 Å². The molecule has 128 valence electrons. The Kier molecular flexibility index (Phi) is 6.32. The standard InChI is InChI=1S/C18H20ClNO4/c1-22-13-5-6-17(16(19)11-13)20-18(21)7-4-12-8-14(23-2)10-15(9-12)24-3/h5-6,8-11H,4,7H2,1-3H3,(H,20,21). The van der Waals surface area contributed by atoms with Crippen LogP contribution in [0.1, 0.15) is 12.0 Å². The second-order valence-corrected chi connectivity index (χ2v) is 5.52. The molecule has 0 fully saturated rings. The highest BCUT2D eigenvalue weighted by Gasteiger charge is 2.09. The molecule has 0 bridgehead atoms. The highest BCUT2D eigenvalue weighted by molar-refractivity contribution is 6.33. The Balaban J connectivity index is 1.98. The van der Waals surface area contributed by atoms with Crippen LogP contribution < -0.4 is 19.5 Å². The number of anilines is 1. The number of hydrogen-bond donors (Lipinski definition) is 1. The first kappa shape index (κ1) is 17.9. The minimum absolute atomic E-state index is 0.121. The molecular formula is C18H20ClNO4. The third-order valence-corrected chi connectivity index (χ3v) is 3.82. The summed E-state index contributed by atoms with van der Waals surface area (Å²) in [6.45, 7) is 0. The van der Waals surface area contributed by atoms with Crippen molar-refractivity contribution in [1.29, 1.82) is 0 Å². The lowest BCUT2D eigenvalue weighted by Gasteiger charge is -2.10. The van der Waals surface area contributed by atoms with E-state index in [4.69, 9.17) is 25.8 Å². The van der Waals surface area contributed by atoms with E-state index >= 15 is 0 Å². The Morgan fingerprint density at radius 3 is 2.12 bits per heavy atom. The van der Waals surface area contributed by atoms with E-state index in [9.17, 15) is 4.79 Å². The maximum Gasteiger partial charge on any atom is 0.224 e. The van der Waals surface area contributed by atoms with Gasteiger partial charge < -0.3 is 19.5 Å². The number of carbonyl (C=O) groups is 1. The average Bonchev–Trinajstić information content (AvgIpc) is 2.61. The van der Waals surface area contributed by atoms with Gasteiger partial charge in [-0.05, 0) is 36.2 Å². The van der Waals surface area contributed by atoms with Gasteiger partial charge in [-0.3, -0.25) is 4.79 Å². The van der Waals surface area contributed by atoms with E-state index in [2.05, 4.69) is 5.32 Å². The number of halogens is 1. The number of methoxy groups -OCH3 is 3. The fraction of sp³-hybridized carbons (Fsp3) is 0.278. The van der Waals surface area contributed by atoms with E-state index in [1.54, 1.807) is 45.6 Å². The van der Waals surface area contributed by atoms with Gasteiger partial charge in [-0.2, -0.15) is 0 Å². The molecule has 1 N–H and O–H groups in total. The maximum atomic E-state index is 12.1. The van der Waals surface area contributed by atoms with Gasteiger partial charge in [0.25, 0.3) is 0 Å². The van der Waals surface area contributed by atoms with Gasteiger partial charge in [-0.25, -0.2) is 0 Å². The zero-order valence-electron chi connectivity index (χ0n) is 13.9. The van der Waals surface area contributed by atoms with Crippen LogP contribution in [-0.2, 0) is 11.2 Å². The predicted octanol–water partition coefficient (Wildman–Crippen LogP) is 3.94. The summed E-state index contributed by atoms with van der Waals surface area (Å²) in [5, 5.41) is 3.24. The maximum absolute atomic E-state index is 12.1. The summed E-state index contributed by atoms with van der Waals surface area (Å²) in [6.07, 6.45) is 0.881. The number of carbonyl (C=O) groups excluding carboxylic acids is 1. The monoisotopic (exact) mass is 349 g/mol. The molecule has 0 radical (unpaired) electrons. The van der Waals surface area contributed by atoms with Crippen molar-refractivity contribution >= 4 is 23.2 Å². The third kappa shape index (κ3) is 4.80. The highest BCUT2D eigenvalue weighted by atomic mass is 35.5. The second kappa shape index (κ2) is 8.45. The molecule has 2 rings (SSSR count). The average molecular weight is 350 g/mol. The summed E-state index contributed by atoms with van der Waals surface area (Å²) in [6, 6.07) is 10.7. The molecule has 0 aliphatic carbocycles. The lowest BCUT2D eigenvalue weighted by molar-refractivity contribution is -0.116. The molecule has 0 unspecified atom stereocenters. The third-order valence-electron chi connectivity index (χ3n) is 3.50. The van der Waals surface area contributed by atoms with Crippen LogP contribution in [0.25, 0.3) is 0 Å². The first-order valence-electron chi connectivity index (χ1n) is 7.41. The minimum Gasteiger partial charge on any atom is -0.497 e. The van der Waals surface area contributed by atoms with Gasteiger partial charge in [-0.1, -0.05) is 11.6 Å². The van der Waals surface area contributed by atoms with Crippen LogP contribution in [0.15, 0.2) is 36.4 Å². The highest BCUT2D eigenvalue weighted by Crippen LogP contribution is 2.27. The molecule has 0 spiro atoms. The quantitative estimate of drug-likeness (QED) is 0.822. The van der Waals surface area contributed by atoms with Crippen molar-refractivity contribution in [3.05, 3.63) is 47.0 Å². The van der Waals surface area contributed by atoms with E-state index in [0.717, 1.165) is 5.56 Å². The van der Waals surface area contributed by atoms with Crippen molar-refractivity contribution in [1.82, 2.24) is 0 Å². The van der Waals surface area contributed by atoms with Gasteiger partial charge in [0.2, 0.25) is 5.91 Å². The fourth-order valence-corrected chi connectivity index (χ4v) is 2.42. The summed E-state index contributed by atoms with van der Waals surface area (Å²) in [5.41, 5.74) is 1.52. The number of ether oxygens (including phenoxy) is 3. The minimum atomic E-state index is -0.121. The molecule has 6 heteroatoms. The van der Waals surface area contributed by atoms with E-state index < -0.39 is 0 Å². The second-order valence-electron chi connectivity index (χ2n) is 5.11. The first-order valence-corrected chi connectivity index (χ1v) is 7.79. The molecule has 5 nitrogen and oxygen atoms in total. The molecule has 0 aromatic heterocycles. The molecule has 2 aromatic carbocycles. The molecule has 0 saturated heterocycles. The van der Waals surface area contributed by atoms with E-state index in [-0.39, 0.29) is 5.91 Å². The Labute approximate surface area is 146 Å². The molecule has 2 aromatic rings. The molecule has 1 amide bonds. The van der Waals surface area contributed by atoms with Gasteiger partial charge in [-0.15, -0.1) is 0 Å². The summed E-state index contributed by atoms with van der Waals surface area (Å²) in [5.74, 6) is 1.91. The van der Waals surface area contributed by atoms with E-state index in [0.29, 0.717) is 40.8 Å². The van der Waals surface area contributed by atoms with Crippen molar-refractivity contribution in [3.63, 3.8) is 0 Å². The Hall–Kier alpha value is -2.40. The fourth-order valence-electron chi connectivity index (χ4n) is 2.21. The number of benzene rings is 2. The van der Waals surface area contributed by atoms with Crippen LogP contribution in [0.5, 0.6) is 17.2 Å². The number of aryl methyl sites for hydroxylation is 1. The molecular weight excluding hydrogens is 330 g/mol. The molecule has 0 aliphatic heterocycles. The summed E-state index contributed by atoms with van der Waals surface area (Å²) in [4.78, 5) is 12.1. The van der Waals surface area contributed by atoms with Crippen molar-refractivity contribution in [2.45, 2.75) is 12.8 Å². The predicted molar refractivity (Wildman–Crippen MR) is 94.5 cm³/mol. The van der Waals surface area contributed by atoms with Gasteiger partial charge in [0.1, 0.15) is 17.2 Å². The number of rotatable bonds is 7. The van der Waals surface area contributed by atoms with Crippen LogP contribution in [-0.4, -0.2) is 27.2 Å². The summed E-state index contributed by atoms with van der Waals surface area (Å²) >= 11 is 6.12. The van der Waals surface area contributed by atoms with Crippen molar-refractivity contribution in [2.24, 2.45) is 0 Å². The van der Waals surface area contributed by atoms with Crippen molar-refractivity contribution in [2.75, 3.05) is 26.6 Å². The summed E-state index contributed by atoms with van der Waals surface area (Å²) < 4.78 is 15.5. The van der Waals surface area contributed by atoms with E-state index in [1.807, 2.05) is 12.1 Å². The van der Waals surface area contributed by atoms with Crippen LogP contribution in [0.4, 0.5) is 5.69 Å². The van der Waals surface area contributed by atoms with Crippen molar-refractivity contribution < 1.29 is 19.0 Å². The largest absolute Gasteiger partial charge is 0.497 e. The number of nitrogens with one attached hydrogen (secondary N) is 1. The molecule has 0 heterocycles. The normalized spacial score (nSPS) is 10.2. The lowest BCUT2D eigenvalue weighted by atomic mass is 10.1. The van der Waals surface area contributed by atoms with Gasteiger partial charge in [0, 0.05) is 18.6 Å². The molecule has 0 atom stereocenters. The Morgan fingerprint density at radius 2 is 1.58 bits per heavy atom. The zero-order chi connectivity index (χ0) is 17.5. The lowest BCUT2D eigenvalue weighted by Crippen LogP contribution is -2.12. The SMILES string of the molecule is COc1cc(CCC(=O)Nc2ccc(OC)cc2Cl)cc(OC)c1. The van der Waals surface area contributed by atoms with Gasteiger partial charge in [0.15, 0.2) is 0 Å². The summed E-state index contributed by atoms with van der Waals surface area (Å²) in [7, 11) is 4.75. The number of hydrogen-bond acceptors (Lipinski definition) is 4. The van der Waals surface area contributed by atoms with Crippen LogP contribution in [0.3, 0.4) is 0 Å². The van der Waals surface area contributed by atoms with Crippen molar-refractivity contribution in [3.8, 4) is 17.2 Å².